The summed E-state index contributed by atoms with van der Waals surface area (Å²) in [6.45, 7) is -0.00997. The van der Waals surface area contributed by atoms with E-state index in [1.807, 2.05) is 18.2 Å². The van der Waals surface area contributed by atoms with Crippen LogP contribution in [0.4, 0.5) is 5.69 Å². The molecule has 6 nitrogen and oxygen atoms in total. The van der Waals surface area contributed by atoms with Gasteiger partial charge in [-0.1, -0.05) is 18.2 Å². The van der Waals surface area contributed by atoms with Gasteiger partial charge in [0.25, 0.3) is 0 Å². The van der Waals surface area contributed by atoms with Crippen molar-refractivity contribution in [3.63, 3.8) is 0 Å². The topological polar surface area (TPSA) is 83.7 Å². The van der Waals surface area contributed by atoms with E-state index >= 15 is 0 Å². The zero-order valence-electron chi connectivity index (χ0n) is 11.3. The van der Waals surface area contributed by atoms with Gasteiger partial charge in [0.15, 0.2) is 0 Å². The van der Waals surface area contributed by atoms with E-state index in [1.165, 1.54) is 21.6 Å². The first kappa shape index (κ1) is 13.9. The van der Waals surface area contributed by atoms with Crippen molar-refractivity contribution < 1.29 is 14.4 Å². The van der Waals surface area contributed by atoms with Crippen LogP contribution < -0.4 is 10.6 Å². The molecule has 0 saturated carbocycles. The molecule has 0 radical (unpaired) electrons. The van der Waals surface area contributed by atoms with Crippen molar-refractivity contribution in [3.05, 3.63) is 29.8 Å². The lowest BCUT2D eigenvalue weighted by molar-refractivity contribution is -0.132. The van der Waals surface area contributed by atoms with Gasteiger partial charge in [-0.3, -0.25) is 19.3 Å². The van der Waals surface area contributed by atoms with Crippen molar-refractivity contribution in [2.24, 2.45) is 5.73 Å². The number of primary amides is 1. The first-order chi connectivity index (χ1) is 10.1. The van der Waals surface area contributed by atoms with Crippen LogP contribution in [0.15, 0.2) is 24.3 Å². The molecule has 1 aromatic carbocycles. The molecular formula is C14H15N3O3S. The molecule has 0 unspecified atom stereocenters. The Morgan fingerprint density at radius 2 is 2.10 bits per heavy atom. The largest absolute Gasteiger partial charge is 0.368 e. The lowest BCUT2D eigenvalue weighted by Crippen LogP contribution is -2.49. The highest BCUT2D eigenvalue weighted by Crippen LogP contribution is 2.32. The molecule has 2 heterocycles. The van der Waals surface area contributed by atoms with E-state index in [0.717, 1.165) is 5.56 Å². The quantitative estimate of drug-likeness (QED) is 0.849. The molecule has 2 N–H and O–H groups in total. The summed E-state index contributed by atoms with van der Waals surface area (Å²) in [6, 6.07) is 6.71. The fourth-order valence-corrected chi connectivity index (χ4v) is 3.61. The van der Waals surface area contributed by atoms with Crippen LogP contribution in [0, 0.1) is 0 Å². The molecule has 7 heteroatoms. The smallest absolute Gasteiger partial charge is 0.247 e. The number of nitrogens with zero attached hydrogens (tertiary/aromatic N) is 2. The summed E-state index contributed by atoms with van der Waals surface area (Å²) in [5.74, 6) is 0.0856. The summed E-state index contributed by atoms with van der Waals surface area (Å²) >= 11 is 1.48. The fourth-order valence-electron chi connectivity index (χ4n) is 2.70. The van der Waals surface area contributed by atoms with Crippen molar-refractivity contribution in [2.45, 2.75) is 12.5 Å². The van der Waals surface area contributed by atoms with E-state index in [2.05, 4.69) is 0 Å². The molecule has 0 aromatic heterocycles. The highest BCUT2D eigenvalue weighted by molar-refractivity contribution is 8.00. The summed E-state index contributed by atoms with van der Waals surface area (Å²) < 4.78 is 0. The van der Waals surface area contributed by atoms with Crippen LogP contribution in [0.3, 0.4) is 0 Å². The number of fused-ring (bicyclic) bond motifs is 1. The first-order valence-electron chi connectivity index (χ1n) is 6.62. The van der Waals surface area contributed by atoms with Gasteiger partial charge in [0.2, 0.25) is 17.7 Å². The standard InChI is InChI=1S/C14H15N3O3S/c15-14(20)11-5-9-3-1-2-4-10(9)17(11)12(18)6-16-8-21-7-13(16)19/h1-4,11H,5-8H2,(H2,15,20)/t11-/m0/s1. The summed E-state index contributed by atoms with van der Waals surface area (Å²) in [4.78, 5) is 38.7. The number of thioether (sulfide) groups is 1. The van der Waals surface area contributed by atoms with Crippen molar-refractivity contribution in [2.75, 3.05) is 23.1 Å². The van der Waals surface area contributed by atoms with Crippen LogP contribution in [0.25, 0.3) is 0 Å². The molecule has 0 aliphatic carbocycles. The number of hydrogen-bond acceptors (Lipinski definition) is 4. The Morgan fingerprint density at radius 1 is 1.33 bits per heavy atom. The van der Waals surface area contributed by atoms with Gasteiger partial charge in [-0.05, 0) is 11.6 Å². The Balaban J connectivity index is 1.85. The second-order valence-electron chi connectivity index (χ2n) is 5.08. The number of hydrogen-bond donors (Lipinski definition) is 1. The highest BCUT2D eigenvalue weighted by Gasteiger charge is 2.38. The normalized spacial score (nSPS) is 20.8. The fraction of sp³-hybridized carbons (Fsp3) is 0.357. The summed E-state index contributed by atoms with van der Waals surface area (Å²) in [5.41, 5.74) is 7.06. The Bertz CT molecular complexity index is 619. The molecule has 21 heavy (non-hydrogen) atoms. The molecule has 0 bridgehead atoms. The molecule has 1 aromatic rings. The predicted octanol–water partition coefficient (Wildman–Crippen LogP) is -0.0375. The van der Waals surface area contributed by atoms with E-state index in [4.69, 9.17) is 5.73 Å². The first-order valence-corrected chi connectivity index (χ1v) is 7.78. The minimum atomic E-state index is -0.666. The van der Waals surface area contributed by atoms with E-state index in [1.54, 1.807) is 6.07 Å². The lowest BCUT2D eigenvalue weighted by Gasteiger charge is -2.25. The van der Waals surface area contributed by atoms with Gasteiger partial charge in [-0.2, -0.15) is 0 Å². The second kappa shape index (κ2) is 5.40. The number of anilines is 1. The molecule has 1 fully saturated rings. The van der Waals surface area contributed by atoms with E-state index < -0.39 is 11.9 Å². The summed E-state index contributed by atoms with van der Waals surface area (Å²) in [5, 5.41) is 0. The van der Waals surface area contributed by atoms with Crippen LogP contribution in [-0.2, 0) is 20.8 Å². The minimum absolute atomic E-state index is 0.00997. The maximum atomic E-state index is 12.5. The van der Waals surface area contributed by atoms with E-state index in [-0.39, 0.29) is 18.4 Å². The molecule has 3 rings (SSSR count). The average molecular weight is 305 g/mol. The zero-order chi connectivity index (χ0) is 15.0. The van der Waals surface area contributed by atoms with Crippen molar-refractivity contribution >= 4 is 35.2 Å². The second-order valence-corrected chi connectivity index (χ2v) is 6.04. The number of amides is 3. The zero-order valence-corrected chi connectivity index (χ0v) is 12.1. The number of carbonyl (C=O) groups is 3. The Labute approximate surface area is 126 Å². The van der Waals surface area contributed by atoms with Gasteiger partial charge < -0.3 is 10.6 Å². The van der Waals surface area contributed by atoms with Gasteiger partial charge in [0.05, 0.1) is 11.6 Å². The van der Waals surface area contributed by atoms with Crippen LogP contribution in [0.5, 0.6) is 0 Å². The van der Waals surface area contributed by atoms with Crippen molar-refractivity contribution in [1.82, 2.24) is 4.90 Å². The predicted molar refractivity (Wildman–Crippen MR) is 79.7 cm³/mol. The number of carbonyl (C=O) groups excluding carboxylic acids is 3. The van der Waals surface area contributed by atoms with E-state index in [0.29, 0.717) is 23.7 Å². The Morgan fingerprint density at radius 3 is 2.76 bits per heavy atom. The molecule has 1 atom stereocenters. The third-order valence-electron chi connectivity index (χ3n) is 3.72. The summed E-state index contributed by atoms with van der Waals surface area (Å²) in [7, 11) is 0. The number of benzene rings is 1. The van der Waals surface area contributed by atoms with Gasteiger partial charge in [-0.15, -0.1) is 11.8 Å². The molecule has 2 aliphatic rings. The molecule has 3 amide bonds. The van der Waals surface area contributed by atoms with Gasteiger partial charge in [0.1, 0.15) is 12.6 Å². The maximum Gasteiger partial charge on any atom is 0.247 e. The van der Waals surface area contributed by atoms with Crippen molar-refractivity contribution in [3.8, 4) is 0 Å². The Hall–Kier alpha value is -2.02. The van der Waals surface area contributed by atoms with Crippen LogP contribution in [-0.4, -0.2) is 46.8 Å². The van der Waals surface area contributed by atoms with Crippen molar-refractivity contribution in [1.29, 1.82) is 0 Å². The molecular weight excluding hydrogens is 290 g/mol. The van der Waals surface area contributed by atoms with Crippen LogP contribution in [0.2, 0.25) is 0 Å². The van der Waals surface area contributed by atoms with Gasteiger partial charge >= 0.3 is 0 Å². The van der Waals surface area contributed by atoms with Gasteiger partial charge in [-0.25, -0.2) is 0 Å². The highest BCUT2D eigenvalue weighted by atomic mass is 32.2. The minimum Gasteiger partial charge on any atom is -0.368 e. The third-order valence-corrected chi connectivity index (χ3v) is 4.67. The monoisotopic (exact) mass is 305 g/mol. The van der Waals surface area contributed by atoms with Crippen LogP contribution >= 0.6 is 11.8 Å². The van der Waals surface area contributed by atoms with Gasteiger partial charge in [0, 0.05) is 12.1 Å². The molecule has 0 spiro atoms. The average Bonchev–Trinajstić information content (AvgIpc) is 3.03. The number of para-hydroxylation sites is 1. The Kier molecular flexibility index (Phi) is 3.59. The lowest BCUT2D eigenvalue weighted by atomic mass is 10.1. The molecule has 110 valence electrons. The SMILES string of the molecule is NC(=O)[C@@H]1Cc2ccccc2N1C(=O)CN1CSCC1=O. The molecule has 1 saturated heterocycles. The third kappa shape index (κ3) is 2.49. The maximum absolute atomic E-state index is 12.5. The number of rotatable bonds is 3. The summed E-state index contributed by atoms with van der Waals surface area (Å²) in [6.07, 6.45) is 0.430. The van der Waals surface area contributed by atoms with Crippen LogP contribution in [0.1, 0.15) is 5.56 Å². The number of nitrogens with two attached hydrogens (primary N) is 1. The van der Waals surface area contributed by atoms with E-state index in [9.17, 15) is 14.4 Å². The molecule has 2 aliphatic heterocycles.